The Morgan fingerprint density at radius 2 is 1.91 bits per heavy atom. The summed E-state index contributed by atoms with van der Waals surface area (Å²) in [6, 6.07) is 2.13. The first-order valence-electron chi connectivity index (χ1n) is 4.04. The molecule has 0 saturated carbocycles. The van der Waals surface area contributed by atoms with Gasteiger partial charge in [-0.1, -0.05) is 24.7 Å². The molecule has 0 atom stereocenters. The second-order valence-corrected chi connectivity index (χ2v) is 3.34. The molecular weight excluding hydrogens is 133 g/mol. The third-order valence-corrected chi connectivity index (χ3v) is 1.91. The molecule has 0 amide bonds. The van der Waals surface area contributed by atoms with E-state index >= 15 is 0 Å². The largest absolute Gasteiger partial charge is 0.262 e. The summed E-state index contributed by atoms with van der Waals surface area (Å²) in [7, 11) is 0. The fourth-order valence-corrected chi connectivity index (χ4v) is 1.31. The van der Waals surface area contributed by atoms with E-state index in [2.05, 4.69) is 31.6 Å². The molecule has 1 aromatic heterocycles. The Bertz CT molecular complexity index is 256. The highest BCUT2D eigenvalue weighted by Crippen LogP contribution is 1.97. The zero-order valence-corrected chi connectivity index (χ0v) is 7.68. The lowest BCUT2D eigenvalue weighted by Gasteiger charge is -2.06. The van der Waals surface area contributed by atoms with Crippen molar-refractivity contribution >= 4 is 12.2 Å². The summed E-state index contributed by atoms with van der Waals surface area (Å²) < 4.78 is 0. The van der Waals surface area contributed by atoms with Crippen LogP contribution in [0.1, 0.15) is 11.3 Å². The van der Waals surface area contributed by atoms with Crippen molar-refractivity contribution in [3.05, 3.63) is 23.5 Å². The van der Waals surface area contributed by atoms with Gasteiger partial charge < -0.3 is 0 Å². The van der Waals surface area contributed by atoms with Gasteiger partial charge in [0.2, 0.25) is 0 Å². The molecule has 0 saturated heterocycles. The van der Waals surface area contributed by atoms with Crippen molar-refractivity contribution in [2.24, 2.45) is 0 Å². The summed E-state index contributed by atoms with van der Waals surface area (Å²) in [6.45, 7) is 9.14. The van der Waals surface area contributed by atoms with E-state index in [1.165, 1.54) is 11.0 Å². The standard InChI is InChI=1S/C9H14BN/c1-7-5-8(2)11-6-9(7)10(3)4/h5-6H,1-4H3. The Morgan fingerprint density at radius 1 is 1.27 bits per heavy atom. The average molecular weight is 147 g/mol. The summed E-state index contributed by atoms with van der Waals surface area (Å²) in [6.07, 6.45) is 1.98. The normalized spacial score (nSPS) is 9.82. The van der Waals surface area contributed by atoms with E-state index in [0.717, 1.165) is 5.69 Å². The SMILES string of the molecule is CB(C)c1cnc(C)cc1C. The second-order valence-electron chi connectivity index (χ2n) is 3.34. The van der Waals surface area contributed by atoms with Gasteiger partial charge in [-0.2, -0.15) is 0 Å². The van der Waals surface area contributed by atoms with Gasteiger partial charge in [-0.3, -0.25) is 4.98 Å². The van der Waals surface area contributed by atoms with Crippen LogP contribution in [0.2, 0.25) is 13.6 Å². The maximum atomic E-state index is 4.26. The molecule has 11 heavy (non-hydrogen) atoms. The third kappa shape index (κ3) is 1.82. The zero-order chi connectivity index (χ0) is 8.43. The lowest BCUT2D eigenvalue weighted by Crippen LogP contribution is -2.26. The number of pyridine rings is 1. The maximum Gasteiger partial charge on any atom is 0.171 e. The molecule has 1 aromatic rings. The van der Waals surface area contributed by atoms with Crippen LogP contribution in [0.15, 0.2) is 12.3 Å². The molecule has 58 valence electrons. The van der Waals surface area contributed by atoms with Crippen LogP contribution in [0.25, 0.3) is 0 Å². The third-order valence-electron chi connectivity index (χ3n) is 1.91. The van der Waals surface area contributed by atoms with Gasteiger partial charge in [0.05, 0.1) is 0 Å². The highest BCUT2D eigenvalue weighted by atomic mass is 14.7. The lowest BCUT2D eigenvalue weighted by molar-refractivity contribution is 1.19. The summed E-state index contributed by atoms with van der Waals surface area (Å²) in [5.41, 5.74) is 3.81. The molecule has 0 aliphatic rings. The molecule has 0 aromatic carbocycles. The number of aryl methyl sites for hydroxylation is 2. The van der Waals surface area contributed by atoms with Crippen LogP contribution in [0, 0.1) is 13.8 Å². The van der Waals surface area contributed by atoms with Crippen molar-refractivity contribution in [1.82, 2.24) is 4.98 Å². The Balaban J connectivity index is 3.09. The van der Waals surface area contributed by atoms with Crippen molar-refractivity contribution < 1.29 is 0 Å². The maximum absolute atomic E-state index is 4.26. The van der Waals surface area contributed by atoms with Crippen LogP contribution in [0.3, 0.4) is 0 Å². The number of aromatic nitrogens is 1. The highest BCUT2D eigenvalue weighted by Gasteiger charge is 2.05. The number of hydrogen-bond acceptors (Lipinski definition) is 1. The van der Waals surface area contributed by atoms with Gasteiger partial charge in [-0.15, -0.1) is 0 Å². The topological polar surface area (TPSA) is 12.9 Å². The van der Waals surface area contributed by atoms with E-state index in [-0.39, 0.29) is 0 Å². The molecule has 0 spiro atoms. The van der Waals surface area contributed by atoms with E-state index in [1.807, 2.05) is 13.1 Å². The van der Waals surface area contributed by atoms with Gasteiger partial charge in [-0.05, 0) is 19.9 Å². The van der Waals surface area contributed by atoms with Crippen LogP contribution in [-0.4, -0.2) is 11.7 Å². The highest BCUT2D eigenvalue weighted by molar-refractivity contribution is 6.71. The fourth-order valence-electron chi connectivity index (χ4n) is 1.31. The average Bonchev–Trinajstić information content (AvgIpc) is 1.85. The number of hydrogen-bond donors (Lipinski definition) is 0. The minimum atomic E-state index is 0.586. The predicted molar refractivity (Wildman–Crippen MR) is 50.8 cm³/mol. The molecule has 2 heteroatoms. The van der Waals surface area contributed by atoms with Crippen molar-refractivity contribution in [3.8, 4) is 0 Å². The zero-order valence-electron chi connectivity index (χ0n) is 7.68. The van der Waals surface area contributed by atoms with Gasteiger partial charge in [0, 0.05) is 11.9 Å². The van der Waals surface area contributed by atoms with Crippen LogP contribution in [0.5, 0.6) is 0 Å². The second kappa shape index (κ2) is 3.08. The molecule has 1 nitrogen and oxygen atoms in total. The minimum Gasteiger partial charge on any atom is -0.262 e. The summed E-state index contributed by atoms with van der Waals surface area (Å²) in [5.74, 6) is 0. The molecular formula is C9H14BN. The van der Waals surface area contributed by atoms with Crippen LogP contribution < -0.4 is 5.46 Å². The monoisotopic (exact) mass is 147 g/mol. The fraction of sp³-hybridized carbons (Fsp3) is 0.444. The summed E-state index contributed by atoms with van der Waals surface area (Å²) >= 11 is 0. The van der Waals surface area contributed by atoms with Crippen molar-refractivity contribution in [2.75, 3.05) is 0 Å². The molecule has 0 fully saturated rings. The van der Waals surface area contributed by atoms with E-state index in [0.29, 0.717) is 6.71 Å². The Morgan fingerprint density at radius 3 is 2.36 bits per heavy atom. The molecule has 1 rings (SSSR count). The van der Waals surface area contributed by atoms with Crippen LogP contribution >= 0.6 is 0 Å². The molecule has 0 N–H and O–H groups in total. The van der Waals surface area contributed by atoms with Gasteiger partial charge in [0.15, 0.2) is 6.71 Å². The molecule has 0 bridgehead atoms. The van der Waals surface area contributed by atoms with E-state index < -0.39 is 0 Å². The van der Waals surface area contributed by atoms with E-state index in [4.69, 9.17) is 0 Å². The lowest BCUT2D eigenvalue weighted by atomic mass is 9.49. The molecule has 0 radical (unpaired) electrons. The quantitative estimate of drug-likeness (QED) is 0.550. The molecule has 0 unspecified atom stereocenters. The first-order chi connectivity index (χ1) is 5.11. The van der Waals surface area contributed by atoms with Crippen molar-refractivity contribution in [1.29, 1.82) is 0 Å². The van der Waals surface area contributed by atoms with Gasteiger partial charge in [0.1, 0.15) is 0 Å². The van der Waals surface area contributed by atoms with Crippen LogP contribution in [-0.2, 0) is 0 Å². The number of rotatable bonds is 1. The van der Waals surface area contributed by atoms with Gasteiger partial charge >= 0.3 is 0 Å². The Labute approximate surface area is 68.9 Å². The smallest absolute Gasteiger partial charge is 0.171 e. The Kier molecular flexibility index (Phi) is 2.33. The molecule has 1 heterocycles. The molecule has 0 aliphatic heterocycles. The van der Waals surface area contributed by atoms with Crippen molar-refractivity contribution in [3.63, 3.8) is 0 Å². The number of nitrogens with zero attached hydrogens (tertiary/aromatic N) is 1. The first-order valence-corrected chi connectivity index (χ1v) is 4.04. The minimum absolute atomic E-state index is 0.586. The van der Waals surface area contributed by atoms with Crippen LogP contribution in [0.4, 0.5) is 0 Å². The van der Waals surface area contributed by atoms with E-state index in [1.54, 1.807) is 0 Å². The van der Waals surface area contributed by atoms with Gasteiger partial charge in [0.25, 0.3) is 0 Å². The predicted octanol–water partition coefficient (Wildman–Crippen LogP) is 1.66. The summed E-state index contributed by atoms with van der Waals surface area (Å²) in [5, 5.41) is 0. The Hall–Kier alpha value is -0.785. The van der Waals surface area contributed by atoms with E-state index in [9.17, 15) is 0 Å². The summed E-state index contributed by atoms with van der Waals surface area (Å²) in [4.78, 5) is 4.26. The van der Waals surface area contributed by atoms with Gasteiger partial charge in [-0.25, -0.2) is 0 Å². The first kappa shape index (κ1) is 8.31. The van der Waals surface area contributed by atoms with Crippen molar-refractivity contribution in [2.45, 2.75) is 27.5 Å². The molecule has 0 aliphatic carbocycles.